The Bertz CT molecular complexity index is 1570. The summed E-state index contributed by atoms with van der Waals surface area (Å²) < 4.78 is 22.6. The lowest BCUT2D eigenvalue weighted by atomic mass is 10.2. The van der Waals surface area contributed by atoms with Gasteiger partial charge in [-0.05, 0) is 28.8 Å². The van der Waals surface area contributed by atoms with Crippen LogP contribution in [-0.2, 0) is 34.0 Å². The van der Waals surface area contributed by atoms with E-state index in [4.69, 9.17) is 18.9 Å². The van der Waals surface area contributed by atoms with Crippen LogP contribution < -0.4 is 9.64 Å². The van der Waals surface area contributed by atoms with Crippen LogP contribution in [0.5, 0.6) is 5.75 Å². The Kier molecular flexibility index (Phi) is 13.3. The van der Waals surface area contributed by atoms with Crippen LogP contribution in [-0.4, -0.2) is 92.4 Å². The average Bonchev–Trinajstić information content (AvgIpc) is 3.16. The highest BCUT2D eigenvalue weighted by Gasteiger charge is 2.25. The zero-order valence-electron chi connectivity index (χ0n) is 28.4. The smallest absolute Gasteiger partial charge is 0.410 e. The maximum absolute atomic E-state index is 13.5. The molecule has 0 aliphatic carbocycles. The Morgan fingerprint density at radius 1 is 0.480 bits per heavy atom. The highest BCUT2D eigenvalue weighted by Crippen LogP contribution is 2.21. The largest absolute Gasteiger partial charge is 0.497 e. The van der Waals surface area contributed by atoms with Crippen molar-refractivity contribution >= 4 is 24.0 Å². The molecule has 4 aromatic rings. The second-order valence-electron chi connectivity index (χ2n) is 11.8. The average molecular weight is 681 g/mol. The molecule has 5 rings (SSSR count). The van der Waals surface area contributed by atoms with Crippen molar-refractivity contribution in [2.45, 2.75) is 19.8 Å². The van der Waals surface area contributed by atoms with E-state index in [0.717, 1.165) is 22.4 Å². The van der Waals surface area contributed by atoms with Crippen molar-refractivity contribution in [2.75, 3.05) is 64.4 Å². The van der Waals surface area contributed by atoms with Crippen LogP contribution in [0.3, 0.4) is 0 Å². The second kappa shape index (κ2) is 18.7. The van der Waals surface area contributed by atoms with Gasteiger partial charge in [0, 0.05) is 64.1 Å². The summed E-state index contributed by atoms with van der Waals surface area (Å²) in [6.07, 6.45) is -1.51. The molecule has 1 fully saturated rings. The van der Waals surface area contributed by atoms with E-state index in [1.165, 1.54) is 4.90 Å². The molecule has 1 aliphatic heterocycles. The van der Waals surface area contributed by atoms with E-state index < -0.39 is 18.3 Å². The van der Waals surface area contributed by atoms with Gasteiger partial charge in [-0.15, -0.1) is 0 Å². The summed E-state index contributed by atoms with van der Waals surface area (Å²) in [5.41, 5.74) is 3.48. The van der Waals surface area contributed by atoms with Crippen molar-refractivity contribution in [2.24, 2.45) is 0 Å². The van der Waals surface area contributed by atoms with E-state index in [-0.39, 0.29) is 46.0 Å². The fourth-order valence-electron chi connectivity index (χ4n) is 5.46. The van der Waals surface area contributed by atoms with Crippen molar-refractivity contribution in [1.82, 2.24) is 14.7 Å². The molecular weight excluding hydrogens is 636 g/mol. The number of rotatable bonds is 8. The van der Waals surface area contributed by atoms with E-state index in [2.05, 4.69) is 4.90 Å². The van der Waals surface area contributed by atoms with Crippen molar-refractivity contribution in [3.05, 3.63) is 132 Å². The van der Waals surface area contributed by atoms with E-state index in [1.807, 2.05) is 115 Å². The molecule has 11 nitrogen and oxygen atoms in total. The minimum absolute atomic E-state index is 0.0946. The summed E-state index contributed by atoms with van der Waals surface area (Å²) in [4.78, 5) is 47.3. The molecule has 1 saturated heterocycles. The summed E-state index contributed by atoms with van der Waals surface area (Å²) in [5.74, 6) is 0.691. The maximum atomic E-state index is 13.5. The highest BCUT2D eigenvalue weighted by molar-refractivity contribution is 5.70. The molecule has 50 heavy (non-hydrogen) atoms. The number of carbonyl (C=O) groups is 3. The van der Waals surface area contributed by atoms with Gasteiger partial charge in [0.05, 0.1) is 7.11 Å². The number of methoxy groups -OCH3 is 1. The van der Waals surface area contributed by atoms with E-state index in [9.17, 15) is 14.4 Å². The number of carbonyl (C=O) groups excluding carboxylic acids is 3. The molecule has 0 atom stereocenters. The predicted octanol–water partition coefficient (Wildman–Crippen LogP) is 6.43. The standard InChI is InChI=1S/C39H44N4O7/c1-47-36-19-11-18-35(28-36)40-20-22-41(37(44)48-29-32-12-5-2-6-13-32)24-26-43(39(46)50-31-34-16-9-4-10-17-34)27-25-42(23-21-40)38(45)49-30-33-14-7-3-8-15-33/h2-19,28H,20-27,29-31H2,1H3. The van der Waals surface area contributed by atoms with Crippen LogP contribution in [0.4, 0.5) is 20.1 Å². The quantitative estimate of drug-likeness (QED) is 0.196. The number of anilines is 1. The lowest BCUT2D eigenvalue weighted by Crippen LogP contribution is -2.50. The summed E-state index contributed by atoms with van der Waals surface area (Å²) in [6.45, 7) is 2.52. The summed E-state index contributed by atoms with van der Waals surface area (Å²) >= 11 is 0. The van der Waals surface area contributed by atoms with Gasteiger partial charge in [0.2, 0.25) is 0 Å². The van der Waals surface area contributed by atoms with Gasteiger partial charge in [0.1, 0.15) is 25.6 Å². The number of nitrogens with zero attached hydrogens (tertiary/aromatic N) is 4. The van der Waals surface area contributed by atoms with Gasteiger partial charge in [0.15, 0.2) is 0 Å². The fraction of sp³-hybridized carbons (Fsp3) is 0.308. The first-order chi connectivity index (χ1) is 24.5. The number of hydrogen-bond acceptors (Lipinski definition) is 8. The van der Waals surface area contributed by atoms with Crippen LogP contribution in [0.1, 0.15) is 16.7 Å². The van der Waals surface area contributed by atoms with Crippen molar-refractivity contribution in [3.63, 3.8) is 0 Å². The molecule has 1 heterocycles. The summed E-state index contributed by atoms with van der Waals surface area (Å²) in [6, 6.07) is 36.1. The lowest BCUT2D eigenvalue weighted by Gasteiger charge is -2.34. The monoisotopic (exact) mass is 680 g/mol. The van der Waals surface area contributed by atoms with Crippen LogP contribution >= 0.6 is 0 Å². The molecule has 1 aliphatic rings. The Hall–Kier alpha value is -5.71. The molecule has 11 heteroatoms. The first kappa shape index (κ1) is 35.6. The third kappa shape index (κ3) is 10.9. The van der Waals surface area contributed by atoms with Gasteiger partial charge in [-0.2, -0.15) is 0 Å². The number of benzene rings is 4. The Labute approximate surface area is 293 Å². The van der Waals surface area contributed by atoms with E-state index in [1.54, 1.807) is 16.9 Å². The maximum Gasteiger partial charge on any atom is 0.410 e. The van der Waals surface area contributed by atoms with E-state index >= 15 is 0 Å². The second-order valence-corrected chi connectivity index (χ2v) is 11.8. The summed E-state index contributed by atoms with van der Waals surface area (Å²) in [7, 11) is 1.61. The van der Waals surface area contributed by atoms with Gasteiger partial charge in [-0.1, -0.05) is 97.1 Å². The van der Waals surface area contributed by atoms with Gasteiger partial charge in [-0.25, -0.2) is 14.4 Å². The highest BCUT2D eigenvalue weighted by atomic mass is 16.6. The molecule has 0 saturated carbocycles. The zero-order chi connectivity index (χ0) is 35.0. The number of hydrogen-bond donors (Lipinski definition) is 0. The number of amides is 3. The van der Waals surface area contributed by atoms with Crippen LogP contribution in [0.15, 0.2) is 115 Å². The minimum Gasteiger partial charge on any atom is -0.497 e. The molecule has 4 aromatic carbocycles. The van der Waals surface area contributed by atoms with Crippen LogP contribution in [0.2, 0.25) is 0 Å². The SMILES string of the molecule is COc1cccc(N2CCN(C(=O)OCc3ccccc3)CCN(C(=O)OCc3ccccc3)CCN(C(=O)OCc3ccccc3)CC2)c1. The predicted molar refractivity (Wildman–Crippen MR) is 190 cm³/mol. The zero-order valence-corrected chi connectivity index (χ0v) is 28.4. The number of ether oxygens (including phenoxy) is 4. The molecule has 0 spiro atoms. The molecule has 0 radical (unpaired) electrons. The Balaban J connectivity index is 1.36. The molecule has 0 unspecified atom stereocenters. The summed E-state index contributed by atoms with van der Waals surface area (Å²) in [5, 5.41) is 0. The molecule has 0 N–H and O–H groups in total. The lowest BCUT2D eigenvalue weighted by molar-refractivity contribution is 0.0694. The van der Waals surface area contributed by atoms with Crippen LogP contribution in [0.25, 0.3) is 0 Å². The van der Waals surface area contributed by atoms with Crippen molar-refractivity contribution < 1.29 is 33.3 Å². The van der Waals surface area contributed by atoms with Crippen molar-refractivity contribution in [1.29, 1.82) is 0 Å². The third-order valence-electron chi connectivity index (χ3n) is 8.37. The molecule has 0 bridgehead atoms. The normalized spacial score (nSPS) is 14.2. The fourth-order valence-corrected chi connectivity index (χ4v) is 5.46. The van der Waals surface area contributed by atoms with Crippen molar-refractivity contribution in [3.8, 4) is 5.75 Å². The molecule has 0 aromatic heterocycles. The van der Waals surface area contributed by atoms with Gasteiger partial charge >= 0.3 is 18.3 Å². The third-order valence-corrected chi connectivity index (χ3v) is 8.37. The van der Waals surface area contributed by atoms with Gasteiger partial charge in [-0.3, -0.25) is 0 Å². The van der Waals surface area contributed by atoms with E-state index in [0.29, 0.717) is 31.9 Å². The molecule has 3 amide bonds. The topological polar surface area (TPSA) is 101 Å². The molecule has 262 valence electrons. The Morgan fingerprint density at radius 3 is 1.20 bits per heavy atom. The Morgan fingerprint density at radius 2 is 0.840 bits per heavy atom. The van der Waals surface area contributed by atoms with Crippen LogP contribution in [0, 0.1) is 0 Å². The first-order valence-electron chi connectivity index (χ1n) is 16.7. The van der Waals surface area contributed by atoms with Gasteiger partial charge < -0.3 is 38.5 Å². The minimum atomic E-state index is -0.542. The van der Waals surface area contributed by atoms with Gasteiger partial charge in [0.25, 0.3) is 0 Å². The first-order valence-corrected chi connectivity index (χ1v) is 16.7. The molecular formula is C39H44N4O7.